The number of carbonyl (C=O) groups is 1. The normalized spacial score (nSPS) is 18.6. The molecular weight excluding hydrogens is 298 g/mol. The average molecular weight is 319 g/mol. The zero-order chi connectivity index (χ0) is 15.5. The molecule has 0 aliphatic carbocycles. The largest absolute Gasteiger partial charge is 0.342 e. The highest BCUT2D eigenvalue weighted by molar-refractivity contribution is 7.11. The van der Waals surface area contributed by atoms with Crippen LogP contribution in [0.5, 0.6) is 0 Å². The Labute approximate surface area is 134 Å². The number of hydrogen-bond donors (Lipinski definition) is 0. The van der Waals surface area contributed by atoms with E-state index < -0.39 is 0 Å². The van der Waals surface area contributed by atoms with Crippen molar-refractivity contribution in [3.05, 3.63) is 28.2 Å². The van der Waals surface area contributed by atoms with E-state index in [1.54, 1.807) is 22.3 Å². The third kappa shape index (κ3) is 3.35. The van der Waals surface area contributed by atoms with Gasteiger partial charge in [-0.2, -0.15) is 5.10 Å². The minimum Gasteiger partial charge on any atom is -0.342 e. The zero-order valence-electron chi connectivity index (χ0n) is 13.0. The number of thiazole rings is 1. The highest BCUT2D eigenvalue weighted by Gasteiger charge is 2.26. The van der Waals surface area contributed by atoms with Crippen molar-refractivity contribution in [2.24, 2.45) is 0 Å². The number of aryl methyl sites for hydroxylation is 3. The van der Waals surface area contributed by atoms with Crippen molar-refractivity contribution in [3.63, 3.8) is 0 Å². The van der Waals surface area contributed by atoms with Gasteiger partial charge in [-0.15, -0.1) is 11.3 Å². The van der Waals surface area contributed by atoms with Crippen molar-refractivity contribution >= 4 is 17.2 Å². The van der Waals surface area contributed by atoms with Crippen LogP contribution in [0.1, 0.15) is 40.8 Å². The Hall–Kier alpha value is -1.76. The molecule has 1 aliphatic heterocycles. The second-order valence-corrected chi connectivity index (χ2v) is 7.02. The smallest absolute Gasteiger partial charge is 0.224 e. The van der Waals surface area contributed by atoms with Gasteiger partial charge in [0, 0.05) is 30.3 Å². The van der Waals surface area contributed by atoms with E-state index in [1.165, 1.54) is 16.2 Å². The van der Waals surface area contributed by atoms with E-state index in [1.807, 2.05) is 4.90 Å². The summed E-state index contributed by atoms with van der Waals surface area (Å²) in [6, 6.07) is 0. The molecule has 7 heteroatoms. The van der Waals surface area contributed by atoms with Crippen LogP contribution in [0.3, 0.4) is 0 Å². The molecule has 0 spiro atoms. The molecule has 0 N–H and O–H groups in total. The van der Waals surface area contributed by atoms with Crippen molar-refractivity contribution in [2.45, 2.75) is 45.6 Å². The SMILES string of the molecule is Cc1nc([C@H]2CCCN(C(=O)CCn3cncn3)C2)sc1C. The lowest BCUT2D eigenvalue weighted by molar-refractivity contribution is -0.132. The van der Waals surface area contributed by atoms with Crippen LogP contribution in [-0.4, -0.2) is 43.6 Å². The average Bonchev–Trinajstić information content (AvgIpc) is 3.16. The van der Waals surface area contributed by atoms with Gasteiger partial charge in [0.1, 0.15) is 12.7 Å². The number of aromatic nitrogens is 4. The maximum Gasteiger partial charge on any atom is 0.224 e. The van der Waals surface area contributed by atoms with E-state index in [9.17, 15) is 4.79 Å². The molecule has 2 aromatic heterocycles. The molecule has 3 rings (SSSR count). The lowest BCUT2D eigenvalue weighted by Crippen LogP contribution is -2.39. The molecule has 2 aromatic rings. The Kier molecular flexibility index (Phi) is 4.52. The molecule has 0 saturated carbocycles. The Morgan fingerprint density at radius 1 is 1.45 bits per heavy atom. The van der Waals surface area contributed by atoms with E-state index in [2.05, 4.69) is 28.9 Å². The van der Waals surface area contributed by atoms with Crippen molar-refractivity contribution in [1.82, 2.24) is 24.6 Å². The van der Waals surface area contributed by atoms with Crippen LogP contribution in [0.2, 0.25) is 0 Å². The van der Waals surface area contributed by atoms with E-state index >= 15 is 0 Å². The molecule has 1 fully saturated rings. The predicted octanol–water partition coefficient (Wildman–Crippen LogP) is 2.15. The Morgan fingerprint density at radius 3 is 3.00 bits per heavy atom. The second-order valence-electron chi connectivity index (χ2n) is 5.78. The lowest BCUT2D eigenvalue weighted by Gasteiger charge is -2.32. The number of carbonyl (C=O) groups excluding carboxylic acids is 1. The number of amides is 1. The summed E-state index contributed by atoms with van der Waals surface area (Å²) in [6.07, 6.45) is 5.80. The Morgan fingerprint density at radius 2 is 2.32 bits per heavy atom. The van der Waals surface area contributed by atoms with Crippen LogP contribution in [0.15, 0.2) is 12.7 Å². The van der Waals surface area contributed by atoms with Gasteiger partial charge < -0.3 is 4.90 Å². The van der Waals surface area contributed by atoms with E-state index in [4.69, 9.17) is 0 Å². The van der Waals surface area contributed by atoms with Gasteiger partial charge >= 0.3 is 0 Å². The maximum absolute atomic E-state index is 12.4. The van der Waals surface area contributed by atoms with Crippen LogP contribution in [0.25, 0.3) is 0 Å². The molecule has 1 aliphatic rings. The predicted molar refractivity (Wildman–Crippen MR) is 84.8 cm³/mol. The summed E-state index contributed by atoms with van der Waals surface area (Å²) in [7, 11) is 0. The molecule has 0 aromatic carbocycles. The van der Waals surface area contributed by atoms with E-state index in [0.29, 0.717) is 18.9 Å². The quantitative estimate of drug-likeness (QED) is 0.866. The fourth-order valence-corrected chi connectivity index (χ4v) is 3.84. The van der Waals surface area contributed by atoms with E-state index in [-0.39, 0.29) is 5.91 Å². The Bertz CT molecular complexity index is 617. The molecule has 22 heavy (non-hydrogen) atoms. The highest BCUT2D eigenvalue weighted by Crippen LogP contribution is 2.31. The molecule has 6 nitrogen and oxygen atoms in total. The first kappa shape index (κ1) is 15.1. The number of piperidine rings is 1. The third-order valence-corrected chi connectivity index (χ3v) is 5.43. The second kappa shape index (κ2) is 6.56. The molecule has 0 bridgehead atoms. The van der Waals surface area contributed by atoms with Crippen molar-refractivity contribution in [1.29, 1.82) is 0 Å². The molecule has 1 amide bonds. The Balaban J connectivity index is 1.58. The summed E-state index contributed by atoms with van der Waals surface area (Å²) in [6.45, 7) is 6.41. The summed E-state index contributed by atoms with van der Waals surface area (Å²) >= 11 is 1.77. The number of rotatable bonds is 4. The first-order chi connectivity index (χ1) is 10.6. The van der Waals surface area contributed by atoms with E-state index in [0.717, 1.165) is 31.6 Å². The maximum atomic E-state index is 12.4. The minimum absolute atomic E-state index is 0.199. The van der Waals surface area contributed by atoms with Crippen molar-refractivity contribution < 1.29 is 4.79 Å². The number of nitrogens with zero attached hydrogens (tertiary/aromatic N) is 5. The van der Waals surface area contributed by atoms with Gasteiger partial charge in [0.25, 0.3) is 0 Å². The van der Waals surface area contributed by atoms with Crippen molar-refractivity contribution in [2.75, 3.05) is 13.1 Å². The topological polar surface area (TPSA) is 63.9 Å². The van der Waals surface area contributed by atoms with Gasteiger partial charge in [-0.05, 0) is 26.7 Å². The summed E-state index contributed by atoms with van der Waals surface area (Å²) in [4.78, 5) is 24.2. The van der Waals surface area contributed by atoms with Gasteiger partial charge in [0.15, 0.2) is 0 Å². The monoisotopic (exact) mass is 319 g/mol. The van der Waals surface area contributed by atoms with Gasteiger partial charge in [0.05, 0.1) is 17.2 Å². The first-order valence-corrected chi connectivity index (χ1v) is 8.49. The van der Waals surface area contributed by atoms with Gasteiger partial charge in [-0.3, -0.25) is 9.48 Å². The summed E-state index contributed by atoms with van der Waals surface area (Å²) in [5.74, 6) is 0.590. The number of hydrogen-bond acceptors (Lipinski definition) is 5. The standard InChI is InChI=1S/C15H21N5OS/c1-11-12(2)22-15(18-11)13-4-3-6-19(8-13)14(21)5-7-20-10-16-9-17-20/h9-10,13H,3-8H2,1-2H3/t13-/m0/s1. The summed E-state index contributed by atoms with van der Waals surface area (Å²) in [5.41, 5.74) is 1.12. The molecule has 0 radical (unpaired) electrons. The fraction of sp³-hybridized carbons (Fsp3) is 0.600. The number of likely N-dealkylation sites (tertiary alicyclic amines) is 1. The summed E-state index contributed by atoms with van der Waals surface area (Å²) < 4.78 is 1.70. The minimum atomic E-state index is 0.199. The van der Waals surface area contributed by atoms with Crippen LogP contribution in [-0.2, 0) is 11.3 Å². The van der Waals surface area contributed by atoms with Crippen LogP contribution < -0.4 is 0 Å². The lowest BCUT2D eigenvalue weighted by atomic mass is 9.98. The van der Waals surface area contributed by atoms with Gasteiger partial charge in [0.2, 0.25) is 5.91 Å². The molecule has 118 valence electrons. The third-order valence-electron chi connectivity index (χ3n) is 4.19. The zero-order valence-corrected chi connectivity index (χ0v) is 13.8. The molecule has 0 unspecified atom stereocenters. The highest BCUT2D eigenvalue weighted by atomic mass is 32.1. The van der Waals surface area contributed by atoms with Crippen LogP contribution in [0.4, 0.5) is 0 Å². The van der Waals surface area contributed by atoms with Crippen molar-refractivity contribution in [3.8, 4) is 0 Å². The molecule has 3 heterocycles. The first-order valence-electron chi connectivity index (χ1n) is 7.67. The molecule has 1 saturated heterocycles. The van der Waals surface area contributed by atoms with Gasteiger partial charge in [-0.1, -0.05) is 0 Å². The summed E-state index contributed by atoms with van der Waals surface area (Å²) in [5, 5.41) is 5.22. The van der Waals surface area contributed by atoms with Crippen LogP contribution in [0, 0.1) is 13.8 Å². The van der Waals surface area contributed by atoms with Crippen LogP contribution >= 0.6 is 11.3 Å². The molecular formula is C15H21N5OS. The molecule has 1 atom stereocenters. The fourth-order valence-electron chi connectivity index (χ4n) is 2.79. The van der Waals surface area contributed by atoms with Gasteiger partial charge in [-0.25, -0.2) is 9.97 Å².